The van der Waals surface area contributed by atoms with Gasteiger partial charge in [0.1, 0.15) is 0 Å². The first-order chi connectivity index (χ1) is 10.1. The molecule has 0 amide bonds. The highest BCUT2D eigenvalue weighted by Gasteiger charge is 2.33. The maximum absolute atomic E-state index is 11.4. The summed E-state index contributed by atoms with van der Waals surface area (Å²) in [4.78, 5) is 11.4. The molecule has 0 aliphatic rings. The van der Waals surface area contributed by atoms with Gasteiger partial charge in [0.2, 0.25) is 0 Å². The van der Waals surface area contributed by atoms with E-state index in [1.807, 2.05) is 41.5 Å². The summed E-state index contributed by atoms with van der Waals surface area (Å²) in [6.07, 6.45) is 0.934. The predicted molar refractivity (Wildman–Crippen MR) is 97.7 cm³/mol. The summed E-state index contributed by atoms with van der Waals surface area (Å²) in [6.45, 7) is 19.8. The molecule has 0 heterocycles. The van der Waals surface area contributed by atoms with E-state index < -0.39 is 18.8 Å². The SMILES string of the molecule is CC(=O)O[SiH](CCC(C)(C)C)O[SiH](OC(C)(C)C)OC(C)(C)C. The zero-order chi connectivity index (χ0) is 18.5. The number of carbonyl (C=O) groups excluding carboxylic acids is 1. The van der Waals surface area contributed by atoms with Crippen molar-refractivity contribution in [2.45, 2.75) is 92.9 Å². The fourth-order valence-corrected chi connectivity index (χ4v) is 6.67. The molecule has 0 aromatic carbocycles. The molecule has 0 radical (unpaired) electrons. The lowest BCUT2D eigenvalue weighted by atomic mass is 9.94. The molecule has 0 aliphatic carbocycles. The summed E-state index contributed by atoms with van der Waals surface area (Å²) in [5.74, 6) is -0.296. The Morgan fingerprint density at radius 1 is 0.870 bits per heavy atom. The third-order valence-electron chi connectivity index (χ3n) is 2.59. The second-order valence-corrected chi connectivity index (χ2v) is 12.8. The van der Waals surface area contributed by atoms with E-state index >= 15 is 0 Å². The zero-order valence-electron chi connectivity index (χ0n) is 16.6. The van der Waals surface area contributed by atoms with E-state index in [0.29, 0.717) is 0 Å². The summed E-state index contributed by atoms with van der Waals surface area (Å²) in [6, 6.07) is 0.758. The van der Waals surface area contributed by atoms with Crippen molar-refractivity contribution in [1.82, 2.24) is 0 Å². The lowest BCUT2D eigenvalue weighted by Gasteiger charge is -2.33. The first kappa shape index (κ1) is 22.8. The molecule has 5 nitrogen and oxygen atoms in total. The Labute approximate surface area is 145 Å². The molecule has 23 heavy (non-hydrogen) atoms. The summed E-state index contributed by atoms with van der Waals surface area (Å²) in [7, 11) is -4.57. The molecule has 1 unspecified atom stereocenters. The summed E-state index contributed by atoms with van der Waals surface area (Å²) >= 11 is 0. The normalized spacial score (nSPS) is 14.9. The topological polar surface area (TPSA) is 54.0 Å². The van der Waals surface area contributed by atoms with E-state index in [4.69, 9.17) is 17.4 Å². The molecule has 0 N–H and O–H groups in total. The minimum atomic E-state index is -2.40. The highest BCUT2D eigenvalue weighted by atomic mass is 28.4. The van der Waals surface area contributed by atoms with Crippen LogP contribution in [0.4, 0.5) is 0 Å². The lowest BCUT2D eigenvalue weighted by molar-refractivity contribution is -0.133. The van der Waals surface area contributed by atoms with Gasteiger partial charge in [0, 0.05) is 6.92 Å². The Kier molecular flexibility index (Phi) is 8.67. The van der Waals surface area contributed by atoms with E-state index in [2.05, 4.69) is 20.8 Å². The van der Waals surface area contributed by atoms with Gasteiger partial charge < -0.3 is 17.4 Å². The van der Waals surface area contributed by atoms with Gasteiger partial charge in [0.15, 0.2) is 0 Å². The van der Waals surface area contributed by atoms with E-state index in [0.717, 1.165) is 12.5 Å². The van der Waals surface area contributed by atoms with Crippen LogP contribution in [0.25, 0.3) is 0 Å². The van der Waals surface area contributed by atoms with Crippen LogP contribution in [0.15, 0.2) is 0 Å². The molecule has 0 bridgehead atoms. The summed E-state index contributed by atoms with van der Waals surface area (Å²) < 4.78 is 23.5. The Bertz CT molecular complexity index is 350. The van der Waals surface area contributed by atoms with Crippen LogP contribution in [0.3, 0.4) is 0 Å². The number of hydrogen-bond donors (Lipinski definition) is 0. The number of carbonyl (C=O) groups is 1. The molecule has 0 aromatic heterocycles. The van der Waals surface area contributed by atoms with E-state index in [-0.39, 0.29) is 22.6 Å². The van der Waals surface area contributed by atoms with Gasteiger partial charge in [-0.3, -0.25) is 4.79 Å². The van der Waals surface area contributed by atoms with Crippen LogP contribution in [0, 0.1) is 5.41 Å². The number of rotatable bonds is 7. The van der Waals surface area contributed by atoms with Crippen LogP contribution in [-0.4, -0.2) is 36.0 Å². The minimum Gasteiger partial charge on any atom is -0.497 e. The first-order valence-electron chi connectivity index (χ1n) is 8.26. The molecular weight excluding hydrogens is 328 g/mol. The van der Waals surface area contributed by atoms with Crippen molar-refractivity contribution in [2.24, 2.45) is 5.41 Å². The van der Waals surface area contributed by atoms with Crippen molar-refractivity contribution < 1.29 is 22.2 Å². The quantitative estimate of drug-likeness (QED) is 0.646. The van der Waals surface area contributed by atoms with Gasteiger partial charge in [-0.1, -0.05) is 20.8 Å². The Hall–Kier alpha value is -0.216. The van der Waals surface area contributed by atoms with Gasteiger partial charge in [-0.15, -0.1) is 0 Å². The molecule has 1 atom stereocenters. The van der Waals surface area contributed by atoms with E-state index in [1.54, 1.807) is 0 Å². The van der Waals surface area contributed by atoms with Crippen LogP contribution in [0.2, 0.25) is 6.04 Å². The minimum absolute atomic E-state index is 0.168. The Balaban J connectivity index is 4.97. The van der Waals surface area contributed by atoms with Crippen LogP contribution in [0.5, 0.6) is 0 Å². The van der Waals surface area contributed by atoms with Crippen molar-refractivity contribution in [3.05, 3.63) is 0 Å². The average Bonchev–Trinajstić information content (AvgIpc) is 2.18. The molecule has 138 valence electrons. The van der Waals surface area contributed by atoms with Crippen LogP contribution in [-0.2, 0) is 22.2 Å². The molecule has 0 aliphatic heterocycles. The molecule has 0 fully saturated rings. The highest BCUT2D eigenvalue weighted by molar-refractivity contribution is 6.57. The average molecular weight is 365 g/mol. The highest BCUT2D eigenvalue weighted by Crippen LogP contribution is 2.24. The molecule has 0 spiro atoms. The molecular formula is C16H36O5Si2. The largest absolute Gasteiger partial charge is 0.497 e. The van der Waals surface area contributed by atoms with Crippen molar-refractivity contribution in [3.8, 4) is 0 Å². The predicted octanol–water partition coefficient (Wildman–Crippen LogP) is 3.57. The number of hydrogen-bond acceptors (Lipinski definition) is 5. The van der Waals surface area contributed by atoms with Gasteiger partial charge in [-0.2, -0.15) is 0 Å². The summed E-state index contributed by atoms with van der Waals surface area (Å²) in [5.41, 5.74) is -0.551. The smallest absolute Gasteiger partial charge is 0.476 e. The molecule has 0 saturated heterocycles. The molecule has 0 saturated carbocycles. The zero-order valence-corrected chi connectivity index (χ0v) is 18.9. The van der Waals surface area contributed by atoms with Gasteiger partial charge in [0.25, 0.3) is 5.97 Å². The van der Waals surface area contributed by atoms with Gasteiger partial charge in [-0.25, -0.2) is 0 Å². The van der Waals surface area contributed by atoms with Gasteiger partial charge >= 0.3 is 18.8 Å². The Morgan fingerprint density at radius 3 is 1.61 bits per heavy atom. The Morgan fingerprint density at radius 2 is 1.30 bits per heavy atom. The standard InChI is InChI=1S/C16H36O5Si2/c1-13(17)18-22(12-11-14(2,3)4)21-23(19-15(5,6)7)20-16(8,9)10/h22-23H,11-12H2,1-10H3. The van der Waals surface area contributed by atoms with Crippen LogP contribution < -0.4 is 0 Å². The first-order valence-corrected chi connectivity index (χ1v) is 11.4. The van der Waals surface area contributed by atoms with Gasteiger partial charge in [0.05, 0.1) is 11.2 Å². The fraction of sp³-hybridized carbons (Fsp3) is 0.938. The van der Waals surface area contributed by atoms with Crippen LogP contribution >= 0.6 is 0 Å². The van der Waals surface area contributed by atoms with Crippen LogP contribution in [0.1, 0.15) is 75.7 Å². The molecule has 7 heteroatoms. The van der Waals surface area contributed by atoms with E-state index in [9.17, 15) is 4.79 Å². The van der Waals surface area contributed by atoms with Crippen molar-refractivity contribution in [3.63, 3.8) is 0 Å². The second-order valence-electron chi connectivity index (χ2n) is 9.02. The van der Waals surface area contributed by atoms with E-state index in [1.165, 1.54) is 6.92 Å². The third kappa shape index (κ3) is 15.1. The maximum atomic E-state index is 11.4. The summed E-state index contributed by atoms with van der Waals surface area (Å²) in [5, 5.41) is 0. The third-order valence-corrected chi connectivity index (χ3v) is 7.85. The second kappa shape index (κ2) is 8.76. The molecule has 0 rings (SSSR count). The fourth-order valence-electron chi connectivity index (χ4n) is 1.67. The van der Waals surface area contributed by atoms with Gasteiger partial charge in [-0.05, 0) is 59.4 Å². The maximum Gasteiger partial charge on any atom is 0.476 e. The lowest BCUT2D eigenvalue weighted by Crippen LogP contribution is -2.45. The van der Waals surface area contributed by atoms with Crippen molar-refractivity contribution >= 4 is 24.8 Å². The van der Waals surface area contributed by atoms with Crippen molar-refractivity contribution in [1.29, 1.82) is 0 Å². The monoisotopic (exact) mass is 364 g/mol. The van der Waals surface area contributed by atoms with Crippen molar-refractivity contribution in [2.75, 3.05) is 0 Å². The molecule has 0 aromatic rings.